The van der Waals surface area contributed by atoms with Crippen LogP contribution in [0.5, 0.6) is 5.75 Å². The van der Waals surface area contributed by atoms with Crippen molar-refractivity contribution in [3.8, 4) is 5.75 Å². The lowest BCUT2D eigenvalue weighted by molar-refractivity contribution is 0.0864. The number of nitrogens with two attached hydrogens (primary N) is 1. The molecule has 1 unspecified atom stereocenters. The molecule has 1 aromatic carbocycles. The van der Waals surface area contributed by atoms with Gasteiger partial charge in [-0.1, -0.05) is 29.3 Å². The van der Waals surface area contributed by atoms with E-state index in [1.54, 1.807) is 49.6 Å². The molecule has 1 aliphatic rings. The van der Waals surface area contributed by atoms with Crippen molar-refractivity contribution in [1.29, 1.82) is 0 Å². The minimum absolute atomic E-state index is 0.0161. The second-order valence-electron chi connectivity index (χ2n) is 7.41. The molecular formula is C21H24Cl2IN5O3. The molecule has 0 bridgehead atoms. The van der Waals surface area contributed by atoms with E-state index in [2.05, 4.69) is 4.98 Å². The van der Waals surface area contributed by atoms with Crippen molar-refractivity contribution in [2.24, 2.45) is 5.73 Å². The second-order valence-corrected chi connectivity index (χ2v) is 10.5. The van der Waals surface area contributed by atoms with Crippen LogP contribution in [0.15, 0.2) is 30.5 Å². The van der Waals surface area contributed by atoms with Crippen LogP contribution in [-0.4, -0.2) is 61.4 Å². The Morgan fingerprint density at radius 1 is 1.28 bits per heavy atom. The number of benzene rings is 1. The highest BCUT2D eigenvalue weighted by atomic mass is 127. The predicted molar refractivity (Wildman–Crippen MR) is 135 cm³/mol. The molecule has 1 atom stereocenters. The zero-order valence-corrected chi connectivity index (χ0v) is 21.6. The van der Waals surface area contributed by atoms with Gasteiger partial charge in [0.25, 0.3) is 0 Å². The molecule has 3 rings (SSSR count). The van der Waals surface area contributed by atoms with Crippen LogP contribution in [0.3, 0.4) is 0 Å². The van der Waals surface area contributed by atoms with Gasteiger partial charge < -0.3 is 15.4 Å². The number of rotatable bonds is 4. The van der Waals surface area contributed by atoms with Crippen LogP contribution in [-0.2, 0) is 0 Å². The Morgan fingerprint density at radius 3 is 2.59 bits per heavy atom. The van der Waals surface area contributed by atoms with Gasteiger partial charge in [0.2, 0.25) is 0 Å². The Morgan fingerprint density at radius 2 is 1.97 bits per heavy atom. The molecule has 1 aliphatic heterocycles. The largest absolute Gasteiger partial charge is 0.414 e. The fourth-order valence-corrected chi connectivity index (χ4v) is 6.25. The zero-order valence-electron chi connectivity index (χ0n) is 17.9. The number of primary amides is 1. The van der Waals surface area contributed by atoms with Gasteiger partial charge >= 0.3 is 12.1 Å². The Balaban J connectivity index is 1.83. The third kappa shape index (κ3) is 5.69. The van der Waals surface area contributed by atoms with Gasteiger partial charge in [0.1, 0.15) is 5.69 Å². The number of amides is 3. The average Bonchev–Trinajstić information content (AvgIpc) is 2.74. The number of urea groups is 1. The van der Waals surface area contributed by atoms with E-state index in [9.17, 15) is 9.59 Å². The first-order valence-corrected chi connectivity index (χ1v) is 12.8. The van der Waals surface area contributed by atoms with Crippen LogP contribution in [0.2, 0.25) is 10.0 Å². The Labute approximate surface area is 207 Å². The van der Waals surface area contributed by atoms with Crippen LogP contribution in [0, 0.1) is 6.92 Å². The Bertz CT molecular complexity index is 1030. The van der Waals surface area contributed by atoms with Gasteiger partial charge in [0, 0.05) is 53.4 Å². The summed E-state index contributed by atoms with van der Waals surface area (Å²) in [6.07, 6.45) is 1.95. The summed E-state index contributed by atoms with van der Waals surface area (Å²) in [5.74, 6) is 0.395. The van der Waals surface area contributed by atoms with Gasteiger partial charge in [0.15, 0.2) is 5.75 Å². The lowest BCUT2D eigenvalue weighted by atomic mass is 9.94. The van der Waals surface area contributed by atoms with Crippen LogP contribution in [0.25, 0.3) is 0 Å². The maximum atomic E-state index is 12.2. The molecule has 1 fully saturated rings. The SMILES string of the molecule is Cc1ccnc(C=IN2CCC(c3c(Cl)cccc3Cl)CN2C(N)=O)c1OC(=O)N(C)C. The summed E-state index contributed by atoms with van der Waals surface area (Å²) in [4.78, 5) is 30.0. The number of pyridine rings is 1. The van der Waals surface area contributed by atoms with E-state index in [1.807, 2.05) is 14.2 Å². The number of carbonyl (C=O) groups is 2. The molecule has 0 spiro atoms. The molecule has 8 nitrogen and oxygen atoms in total. The number of hydrogen-bond acceptors (Lipinski definition) is 5. The zero-order chi connectivity index (χ0) is 23.4. The van der Waals surface area contributed by atoms with Gasteiger partial charge in [-0.25, -0.2) is 14.6 Å². The molecule has 32 heavy (non-hydrogen) atoms. The summed E-state index contributed by atoms with van der Waals surface area (Å²) in [6.45, 7) is 2.85. The van der Waals surface area contributed by atoms with Gasteiger partial charge in [-0.15, -0.1) is 0 Å². The molecule has 0 radical (unpaired) electrons. The molecular weight excluding hydrogens is 568 g/mol. The minimum Gasteiger partial charge on any atom is -0.408 e. The topological polar surface area (TPSA) is 92.0 Å². The number of carbonyl (C=O) groups excluding carboxylic acids is 2. The van der Waals surface area contributed by atoms with Crippen molar-refractivity contribution in [2.45, 2.75) is 19.3 Å². The molecule has 0 saturated carbocycles. The summed E-state index contributed by atoms with van der Waals surface area (Å²) in [5.41, 5.74) is 7.88. The Kier molecular flexibility index (Phi) is 8.32. The van der Waals surface area contributed by atoms with Crippen molar-refractivity contribution in [3.63, 3.8) is 0 Å². The quantitative estimate of drug-likeness (QED) is 0.415. The highest BCUT2D eigenvalue weighted by Gasteiger charge is 2.31. The van der Waals surface area contributed by atoms with Crippen LogP contribution < -0.4 is 10.5 Å². The molecule has 1 aromatic heterocycles. The summed E-state index contributed by atoms with van der Waals surface area (Å²) >= 11 is 11.9. The monoisotopic (exact) mass is 591 g/mol. The first-order valence-electron chi connectivity index (χ1n) is 9.79. The predicted octanol–water partition coefficient (Wildman–Crippen LogP) is 4.58. The lowest BCUT2D eigenvalue weighted by Gasteiger charge is -2.39. The van der Waals surface area contributed by atoms with Crippen molar-refractivity contribution < 1.29 is 14.3 Å². The lowest BCUT2D eigenvalue weighted by Crippen LogP contribution is -2.50. The van der Waals surface area contributed by atoms with E-state index >= 15 is 0 Å². The number of hydrogen-bond donors (Lipinski definition) is 1. The Hall–Kier alpha value is -1.95. The average molecular weight is 592 g/mol. The fourth-order valence-electron chi connectivity index (χ4n) is 3.26. The van der Waals surface area contributed by atoms with Gasteiger partial charge in [-0.3, -0.25) is 4.98 Å². The van der Waals surface area contributed by atoms with E-state index in [1.165, 1.54) is 4.90 Å². The van der Waals surface area contributed by atoms with Crippen molar-refractivity contribution >= 4 is 60.3 Å². The highest BCUT2D eigenvalue weighted by Crippen LogP contribution is 2.37. The molecule has 3 amide bonds. The summed E-state index contributed by atoms with van der Waals surface area (Å²) in [7, 11) is 3.23. The smallest absolute Gasteiger partial charge is 0.408 e. The molecule has 2 heterocycles. The van der Waals surface area contributed by atoms with Gasteiger partial charge in [-0.2, -0.15) is 3.22 Å². The first kappa shape index (κ1) is 24.7. The van der Waals surface area contributed by atoms with Gasteiger partial charge in [0.05, 0.1) is 0 Å². The van der Waals surface area contributed by atoms with Crippen molar-refractivity contribution in [2.75, 3.05) is 27.2 Å². The number of nitrogens with zero attached hydrogens (tertiary/aromatic N) is 4. The normalized spacial score (nSPS) is 17.2. The molecule has 2 N–H and O–H groups in total. The number of ether oxygens (including phenoxy) is 1. The number of halogens is 3. The number of hydrazine groups is 1. The number of aryl methyl sites for hydroxylation is 1. The number of aromatic nitrogens is 1. The molecule has 172 valence electrons. The van der Waals surface area contributed by atoms with Gasteiger partial charge in [-0.05, 0) is 63.7 Å². The second kappa shape index (κ2) is 10.8. The minimum atomic E-state index is -0.825. The van der Waals surface area contributed by atoms with E-state index in [0.29, 0.717) is 34.6 Å². The molecule has 2 aromatic rings. The first-order chi connectivity index (χ1) is 15.2. The maximum Gasteiger partial charge on any atom is 0.414 e. The van der Waals surface area contributed by atoms with Crippen LogP contribution >= 0.6 is 44.2 Å². The maximum absolute atomic E-state index is 12.2. The van der Waals surface area contributed by atoms with E-state index < -0.39 is 33.1 Å². The molecule has 11 heteroatoms. The third-order valence-corrected chi connectivity index (χ3v) is 8.10. The van der Waals surface area contributed by atoms with Crippen LogP contribution in [0.4, 0.5) is 9.59 Å². The van der Waals surface area contributed by atoms with Crippen LogP contribution in [0.1, 0.15) is 29.2 Å². The van der Waals surface area contributed by atoms with E-state index in [-0.39, 0.29) is 5.92 Å². The van der Waals surface area contributed by atoms with E-state index in [4.69, 9.17) is 33.7 Å². The highest BCUT2D eigenvalue weighted by molar-refractivity contribution is 14.2. The van der Waals surface area contributed by atoms with Crippen molar-refractivity contribution in [3.05, 3.63) is 57.3 Å². The summed E-state index contributed by atoms with van der Waals surface area (Å²) < 4.78 is 9.38. The van der Waals surface area contributed by atoms with Crippen molar-refractivity contribution in [1.82, 2.24) is 18.1 Å². The third-order valence-electron chi connectivity index (χ3n) is 4.93. The summed E-state index contributed by atoms with van der Waals surface area (Å²) in [5, 5.41) is 2.70. The molecule has 1 saturated heterocycles. The standard InChI is InChI=1S/C21H24Cl2IN5O3/c1-13-7-9-26-17(19(13)32-21(31)27(2)3)11-24-29-10-8-14(12-28(29)20(25)30)18-15(22)5-4-6-16(18)23/h4-7,9,11,14H,8,10,12H2,1-3H3,(H2,25,30). The summed E-state index contributed by atoms with van der Waals surface area (Å²) in [6, 6.07) is 6.63. The fraction of sp³-hybridized carbons (Fsp3) is 0.333. The molecule has 0 aliphatic carbocycles. The van der Waals surface area contributed by atoms with E-state index in [0.717, 1.165) is 17.5 Å².